The third-order valence-corrected chi connectivity index (χ3v) is 3.32. The van der Waals surface area contributed by atoms with Crippen molar-refractivity contribution in [3.05, 3.63) is 16.6 Å². The van der Waals surface area contributed by atoms with Crippen LogP contribution in [0.15, 0.2) is 11.7 Å². The molecule has 2 rings (SSSR count). The molecule has 0 aliphatic carbocycles. The summed E-state index contributed by atoms with van der Waals surface area (Å²) in [6.07, 6.45) is 2.75. The summed E-state index contributed by atoms with van der Waals surface area (Å²) < 4.78 is 0. The van der Waals surface area contributed by atoms with Crippen molar-refractivity contribution in [1.29, 1.82) is 0 Å². The van der Waals surface area contributed by atoms with Crippen LogP contribution in [0.1, 0.15) is 18.2 Å². The number of rotatable bonds is 3. The van der Waals surface area contributed by atoms with Gasteiger partial charge in [-0.05, 0) is 6.42 Å². The zero-order chi connectivity index (χ0) is 9.31. The van der Waals surface area contributed by atoms with Crippen LogP contribution in [0.3, 0.4) is 0 Å². The fourth-order valence-corrected chi connectivity index (χ4v) is 2.30. The van der Waals surface area contributed by atoms with E-state index in [1.54, 1.807) is 11.3 Å². The van der Waals surface area contributed by atoms with Crippen molar-refractivity contribution in [3.8, 4) is 0 Å². The molecule has 0 spiro atoms. The van der Waals surface area contributed by atoms with Crippen molar-refractivity contribution in [2.75, 3.05) is 13.1 Å². The molecule has 72 valence electrons. The van der Waals surface area contributed by atoms with Gasteiger partial charge in [0.05, 0.1) is 11.1 Å². The van der Waals surface area contributed by atoms with Crippen LogP contribution in [0.5, 0.6) is 0 Å². The highest BCUT2D eigenvalue weighted by molar-refractivity contribution is 7.09. The quantitative estimate of drug-likeness (QED) is 0.790. The van der Waals surface area contributed by atoms with Gasteiger partial charge in [-0.25, -0.2) is 0 Å². The van der Waals surface area contributed by atoms with Gasteiger partial charge in [-0.3, -0.25) is 9.88 Å². The fourth-order valence-electron chi connectivity index (χ4n) is 1.66. The van der Waals surface area contributed by atoms with Crippen LogP contribution in [0.4, 0.5) is 0 Å². The monoisotopic (exact) mass is 198 g/mol. The van der Waals surface area contributed by atoms with Gasteiger partial charge in [-0.15, -0.1) is 11.3 Å². The minimum atomic E-state index is -0.412. The first-order valence-corrected chi connectivity index (χ1v) is 5.42. The number of aliphatic hydroxyl groups is 1. The molecule has 1 fully saturated rings. The number of nitrogens with zero attached hydrogens (tertiary/aromatic N) is 2. The Labute approximate surface area is 82.0 Å². The third kappa shape index (κ3) is 1.90. The van der Waals surface area contributed by atoms with Crippen LogP contribution in [0, 0.1) is 0 Å². The van der Waals surface area contributed by atoms with Gasteiger partial charge < -0.3 is 5.11 Å². The predicted octanol–water partition coefficient (Wildman–Crippen LogP) is 1.10. The molecule has 0 saturated carbocycles. The SMILES string of the molecule is CCC1(O)CN(Cc2cncs2)C1. The molecule has 1 aliphatic rings. The van der Waals surface area contributed by atoms with Gasteiger partial charge in [0, 0.05) is 30.7 Å². The summed E-state index contributed by atoms with van der Waals surface area (Å²) in [7, 11) is 0. The second-order valence-electron chi connectivity index (χ2n) is 3.69. The first-order chi connectivity index (χ1) is 6.22. The third-order valence-electron chi connectivity index (χ3n) is 2.56. The molecule has 0 radical (unpaired) electrons. The van der Waals surface area contributed by atoms with Crippen LogP contribution in [0.2, 0.25) is 0 Å². The maximum atomic E-state index is 9.76. The standard InChI is InChI=1S/C9H14N2OS/c1-2-9(12)5-11(6-9)4-8-3-10-7-13-8/h3,7,12H,2,4-6H2,1H3. The van der Waals surface area contributed by atoms with E-state index >= 15 is 0 Å². The second kappa shape index (κ2) is 3.36. The van der Waals surface area contributed by atoms with E-state index in [1.165, 1.54) is 4.88 Å². The highest BCUT2D eigenvalue weighted by atomic mass is 32.1. The van der Waals surface area contributed by atoms with Crippen molar-refractivity contribution in [3.63, 3.8) is 0 Å². The number of β-amino-alcohol motifs (C(OH)–C–C–N with tert-alkyl or cyclic N) is 1. The van der Waals surface area contributed by atoms with Gasteiger partial charge in [0.25, 0.3) is 0 Å². The van der Waals surface area contributed by atoms with E-state index < -0.39 is 5.60 Å². The molecular weight excluding hydrogens is 184 g/mol. The molecule has 0 unspecified atom stereocenters. The van der Waals surface area contributed by atoms with Crippen molar-refractivity contribution >= 4 is 11.3 Å². The molecule has 1 N–H and O–H groups in total. The van der Waals surface area contributed by atoms with Gasteiger partial charge in [-0.2, -0.15) is 0 Å². The minimum absolute atomic E-state index is 0.412. The largest absolute Gasteiger partial charge is 0.387 e. The maximum Gasteiger partial charge on any atom is 0.0897 e. The Morgan fingerprint density at radius 3 is 3.00 bits per heavy atom. The molecule has 1 saturated heterocycles. The Bertz CT molecular complexity index is 267. The molecule has 0 aromatic carbocycles. The second-order valence-corrected chi connectivity index (χ2v) is 4.66. The normalized spacial score (nSPS) is 21.4. The van der Waals surface area contributed by atoms with Gasteiger partial charge >= 0.3 is 0 Å². The highest BCUT2D eigenvalue weighted by Crippen LogP contribution is 2.26. The maximum absolute atomic E-state index is 9.76. The van der Waals surface area contributed by atoms with Crippen LogP contribution in [-0.4, -0.2) is 33.7 Å². The summed E-state index contributed by atoms with van der Waals surface area (Å²) in [5.41, 5.74) is 1.44. The summed E-state index contributed by atoms with van der Waals surface area (Å²) in [6, 6.07) is 0. The average Bonchev–Trinajstić information content (AvgIpc) is 2.54. The van der Waals surface area contributed by atoms with Crippen LogP contribution in [0.25, 0.3) is 0 Å². The van der Waals surface area contributed by atoms with E-state index in [0.717, 1.165) is 26.1 Å². The van der Waals surface area contributed by atoms with E-state index in [4.69, 9.17) is 0 Å². The molecule has 1 aliphatic heterocycles. The van der Waals surface area contributed by atoms with Crippen molar-refractivity contribution < 1.29 is 5.11 Å². The molecule has 0 atom stereocenters. The topological polar surface area (TPSA) is 36.4 Å². The zero-order valence-corrected chi connectivity index (χ0v) is 8.55. The number of thiazole rings is 1. The zero-order valence-electron chi connectivity index (χ0n) is 7.73. The van der Waals surface area contributed by atoms with Crippen LogP contribution < -0.4 is 0 Å². The smallest absolute Gasteiger partial charge is 0.0897 e. The summed E-state index contributed by atoms with van der Waals surface area (Å²) in [5.74, 6) is 0. The van der Waals surface area contributed by atoms with Crippen molar-refractivity contribution in [1.82, 2.24) is 9.88 Å². The van der Waals surface area contributed by atoms with E-state index in [2.05, 4.69) is 9.88 Å². The lowest BCUT2D eigenvalue weighted by molar-refractivity contribution is -0.103. The Kier molecular flexibility index (Phi) is 2.36. The first kappa shape index (κ1) is 9.12. The lowest BCUT2D eigenvalue weighted by Gasteiger charge is -2.46. The first-order valence-electron chi connectivity index (χ1n) is 4.54. The molecule has 1 aromatic rings. The molecule has 0 bridgehead atoms. The Hall–Kier alpha value is -0.450. The fraction of sp³-hybridized carbons (Fsp3) is 0.667. The predicted molar refractivity (Wildman–Crippen MR) is 52.6 cm³/mol. The molecule has 1 aromatic heterocycles. The summed E-state index contributed by atoms with van der Waals surface area (Å²) in [5, 5.41) is 9.76. The Morgan fingerprint density at radius 2 is 2.46 bits per heavy atom. The molecule has 2 heterocycles. The van der Waals surface area contributed by atoms with Crippen LogP contribution in [-0.2, 0) is 6.54 Å². The van der Waals surface area contributed by atoms with Crippen molar-refractivity contribution in [2.24, 2.45) is 0 Å². The number of hydrogen-bond acceptors (Lipinski definition) is 4. The lowest BCUT2D eigenvalue weighted by Crippen LogP contribution is -2.60. The number of aromatic nitrogens is 1. The molecular formula is C9H14N2OS. The van der Waals surface area contributed by atoms with E-state index in [1.807, 2.05) is 18.6 Å². The van der Waals surface area contributed by atoms with Gasteiger partial charge in [0.1, 0.15) is 0 Å². The molecule has 3 nitrogen and oxygen atoms in total. The summed E-state index contributed by atoms with van der Waals surface area (Å²) in [6.45, 7) is 4.58. The van der Waals surface area contributed by atoms with E-state index in [9.17, 15) is 5.11 Å². The van der Waals surface area contributed by atoms with Gasteiger partial charge in [0.15, 0.2) is 0 Å². The minimum Gasteiger partial charge on any atom is -0.387 e. The lowest BCUT2D eigenvalue weighted by atomic mass is 9.91. The molecule has 0 amide bonds. The average molecular weight is 198 g/mol. The van der Waals surface area contributed by atoms with Gasteiger partial charge in [-0.1, -0.05) is 6.92 Å². The molecule has 13 heavy (non-hydrogen) atoms. The Morgan fingerprint density at radius 1 is 1.69 bits per heavy atom. The Balaban J connectivity index is 1.82. The highest BCUT2D eigenvalue weighted by Gasteiger charge is 2.39. The van der Waals surface area contributed by atoms with E-state index in [-0.39, 0.29) is 0 Å². The van der Waals surface area contributed by atoms with E-state index in [0.29, 0.717) is 0 Å². The summed E-state index contributed by atoms with van der Waals surface area (Å²) in [4.78, 5) is 7.54. The van der Waals surface area contributed by atoms with Crippen molar-refractivity contribution in [2.45, 2.75) is 25.5 Å². The number of likely N-dealkylation sites (tertiary alicyclic amines) is 1. The van der Waals surface area contributed by atoms with Crippen LogP contribution >= 0.6 is 11.3 Å². The van der Waals surface area contributed by atoms with Gasteiger partial charge in [0.2, 0.25) is 0 Å². The number of hydrogen-bond donors (Lipinski definition) is 1. The summed E-state index contributed by atoms with van der Waals surface area (Å²) >= 11 is 1.67. The molecule has 4 heteroatoms.